The largest absolute Gasteiger partial charge is 0.345 e. The van der Waals surface area contributed by atoms with E-state index in [1.54, 1.807) is 35.9 Å². The third-order valence-corrected chi connectivity index (χ3v) is 5.68. The van der Waals surface area contributed by atoms with E-state index >= 15 is 0 Å². The Bertz CT molecular complexity index is 1050. The molecule has 0 atom stereocenters. The minimum absolute atomic E-state index is 0.111. The normalized spacial score (nSPS) is 10.6. The minimum atomic E-state index is -0.247. The molecule has 0 bridgehead atoms. The second-order valence-electron chi connectivity index (χ2n) is 6.50. The second kappa shape index (κ2) is 10.3. The lowest BCUT2D eigenvalue weighted by Gasteiger charge is -2.09. The van der Waals surface area contributed by atoms with Crippen LogP contribution in [0.25, 0.3) is 0 Å². The van der Waals surface area contributed by atoms with Crippen molar-refractivity contribution in [1.29, 1.82) is 0 Å². The standard InChI is InChI=1S/C21H22ClN5O2S/c1-3-14-7-4-5-10-17(14)24-19(28)13-30-21-26-25-18(27(21)2)12-23-20(29)15-8-6-9-16(22)11-15/h4-11H,3,12-13H2,1-2H3,(H,23,29)(H,24,28). The maximum Gasteiger partial charge on any atom is 0.251 e. The molecule has 0 aliphatic heterocycles. The van der Waals surface area contributed by atoms with Crippen LogP contribution in [0.4, 0.5) is 5.69 Å². The molecule has 156 valence electrons. The zero-order valence-corrected chi connectivity index (χ0v) is 18.3. The summed E-state index contributed by atoms with van der Waals surface area (Å²) in [5.74, 6) is 0.437. The molecule has 3 rings (SSSR count). The molecule has 7 nitrogen and oxygen atoms in total. The van der Waals surface area contributed by atoms with Crippen LogP contribution in [0.3, 0.4) is 0 Å². The highest BCUT2D eigenvalue weighted by Crippen LogP contribution is 2.19. The Hall–Kier alpha value is -2.84. The number of benzene rings is 2. The van der Waals surface area contributed by atoms with Crippen molar-refractivity contribution in [3.63, 3.8) is 0 Å². The van der Waals surface area contributed by atoms with Crippen LogP contribution in [-0.4, -0.2) is 32.3 Å². The van der Waals surface area contributed by atoms with Crippen molar-refractivity contribution in [1.82, 2.24) is 20.1 Å². The maximum absolute atomic E-state index is 12.3. The van der Waals surface area contributed by atoms with Crippen molar-refractivity contribution in [2.24, 2.45) is 7.05 Å². The predicted octanol–water partition coefficient (Wildman–Crippen LogP) is 3.69. The van der Waals surface area contributed by atoms with Gasteiger partial charge in [0.25, 0.3) is 5.91 Å². The van der Waals surface area contributed by atoms with Crippen LogP contribution >= 0.6 is 23.4 Å². The predicted molar refractivity (Wildman–Crippen MR) is 119 cm³/mol. The Kier molecular flexibility index (Phi) is 7.48. The van der Waals surface area contributed by atoms with Crippen molar-refractivity contribution in [3.8, 4) is 0 Å². The highest BCUT2D eigenvalue weighted by atomic mass is 35.5. The van der Waals surface area contributed by atoms with Gasteiger partial charge in [-0.3, -0.25) is 9.59 Å². The Morgan fingerprint density at radius 1 is 1.13 bits per heavy atom. The zero-order chi connectivity index (χ0) is 21.5. The fourth-order valence-corrected chi connectivity index (χ4v) is 3.70. The van der Waals surface area contributed by atoms with Gasteiger partial charge in [0.05, 0.1) is 12.3 Å². The van der Waals surface area contributed by atoms with E-state index in [-0.39, 0.29) is 24.1 Å². The average molecular weight is 444 g/mol. The highest BCUT2D eigenvalue weighted by molar-refractivity contribution is 7.99. The van der Waals surface area contributed by atoms with Crippen molar-refractivity contribution in [2.75, 3.05) is 11.1 Å². The Morgan fingerprint density at radius 3 is 2.70 bits per heavy atom. The molecule has 0 radical (unpaired) electrons. The molecule has 1 aromatic heterocycles. The average Bonchev–Trinajstić information content (AvgIpc) is 3.10. The number of amides is 2. The summed E-state index contributed by atoms with van der Waals surface area (Å²) < 4.78 is 1.76. The maximum atomic E-state index is 12.3. The summed E-state index contributed by atoms with van der Waals surface area (Å²) >= 11 is 7.21. The molecular weight excluding hydrogens is 422 g/mol. The van der Waals surface area contributed by atoms with E-state index in [2.05, 4.69) is 20.8 Å². The van der Waals surface area contributed by atoms with Gasteiger partial charge in [0, 0.05) is 23.3 Å². The second-order valence-corrected chi connectivity index (χ2v) is 7.88. The van der Waals surface area contributed by atoms with Gasteiger partial charge in [-0.15, -0.1) is 10.2 Å². The number of rotatable bonds is 8. The molecule has 9 heteroatoms. The summed E-state index contributed by atoms with van der Waals surface area (Å²) in [6, 6.07) is 14.5. The SMILES string of the molecule is CCc1ccccc1NC(=O)CSc1nnc(CNC(=O)c2cccc(Cl)c2)n1C. The van der Waals surface area contributed by atoms with E-state index in [1.807, 2.05) is 31.2 Å². The summed E-state index contributed by atoms with van der Waals surface area (Å²) in [6.07, 6.45) is 0.844. The van der Waals surface area contributed by atoms with Crippen molar-refractivity contribution in [2.45, 2.75) is 25.0 Å². The molecule has 0 saturated heterocycles. The van der Waals surface area contributed by atoms with Gasteiger partial charge in [0.1, 0.15) is 0 Å². The summed E-state index contributed by atoms with van der Waals surface area (Å²) in [5, 5.41) is 15.1. The lowest BCUT2D eigenvalue weighted by Crippen LogP contribution is -2.24. The third kappa shape index (κ3) is 5.61. The molecule has 1 heterocycles. The van der Waals surface area contributed by atoms with Crippen molar-refractivity contribution in [3.05, 3.63) is 70.5 Å². The number of nitrogens with one attached hydrogen (secondary N) is 2. The van der Waals surface area contributed by atoms with E-state index in [4.69, 9.17) is 11.6 Å². The fraction of sp³-hybridized carbons (Fsp3) is 0.238. The molecule has 30 heavy (non-hydrogen) atoms. The molecule has 0 fully saturated rings. The lowest BCUT2D eigenvalue weighted by atomic mass is 10.1. The van der Waals surface area contributed by atoms with Crippen LogP contribution in [-0.2, 0) is 24.8 Å². The Balaban J connectivity index is 1.53. The number of anilines is 1. The summed E-state index contributed by atoms with van der Waals surface area (Å²) in [5.41, 5.74) is 2.39. The van der Waals surface area contributed by atoms with Crippen molar-refractivity contribution >= 4 is 40.9 Å². The zero-order valence-electron chi connectivity index (χ0n) is 16.7. The van der Waals surface area contributed by atoms with Gasteiger partial charge < -0.3 is 15.2 Å². The van der Waals surface area contributed by atoms with Crippen LogP contribution in [0, 0.1) is 0 Å². The number of aromatic nitrogens is 3. The molecule has 0 aliphatic rings. The van der Waals surface area contributed by atoms with Crippen LogP contribution in [0.15, 0.2) is 53.7 Å². The highest BCUT2D eigenvalue weighted by Gasteiger charge is 2.14. The van der Waals surface area contributed by atoms with Gasteiger partial charge in [-0.2, -0.15) is 0 Å². The smallest absolute Gasteiger partial charge is 0.251 e. The molecule has 2 amide bonds. The Labute approximate surface area is 184 Å². The van der Waals surface area contributed by atoms with Gasteiger partial charge in [-0.1, -0.05) is 54.6 Å². The topological polar surface area (TPSA) is 88.9 Å². The van der Waals surface area contributed by atoms with Gasteiger partial charge in [0.2, 0.25) is 5.91 Å². The van der Waals surface area contributed by atoms with Gasteiger partial charge >= 0.3 is 0 Å². The number of thioether (sulfide) groups is 1. The number of hydrogen-bond acceptors (Lipinski definition) is 5. The van der Waals surface area contributed by atoms with Gasteiger partial charge in [-0.05, 0) is 36.2 Å². The monoisotopic (exact) mass is 443 g/mol. The lowest BCUT2D eigenvalue weighted by molar-refractivity contribution is -0.113. The molecule has 0 saturated carbocycles. The summed E-state index contributed by atoms with van der Waals surface area (Å²) in [4.78, 5) is 24.6. The number of hydrogen-bond donors (Lipinski definition) is 2. The van der Waals surface area contributed by atoms with Crippen LogP contribution in [0.5, 0.6) is 0 Å². The van der Waals surface area contributed by atoms with Crippen LogP contribution < -0.4 is 10.6 Å². The third-order valence-electron chi connectivity index (χ3n) is 4.42. The van der Waals surface area contributed by atoms with E-state index in [0.717, 1.165) is 17.7 Å². The number of aryl methyl sites for hydroxylation is 1. The summed E-state index contributed by atoms with van der Waals surface area (Å²) in [6.45, 7) is 2.26. The van der Waals surface area contributed by atoms with E-state index < -0.39 is 0 Å². The molecule has 0 unspecified atom stereocenters. The first-order valence-corrected chi connectivity index (χ1v) is 10.8. The van der Waals surface area contributed by atoms with E-state index in [9.17, 15) is 9.59 Å². The van der Waals surface area contributed by atoms with E-state index in [0.29, 0.717) is 21.6 Å². The van der Waals surface area contributed by atoms with Crippen LogP contribution in [0.1, 0.15) is 28.7 Å². The molecule has 0 spiro atoms. The molecule has 2 N–H and O–H groups in total. The summed E-state index contributed by atoms with van der Waals surface area (Å²) in [7, 11) is 1.80. The fourth-order valence-electron chi connectivity index (χ4n) is 2.78. The van der Waals surface area contributed by atoms with Gasteiger partial charge in [-0.25, -0.2) is 0 Å². The number of carbonyl (C=O) groups is 2. The molecular formula is C21H22ClN5O2S. The number of halogens is 1. The number of nitrogens with zero attached hydrogens (tertiary/aromatic N) is 3. The van der Waals surface area contributed by atoms with Gasteiger partial charge in [0.15, 0.2) is 11.0 Å². The van der Waals surface area contributed by atoms with Crippen LogP contribution in [0.2, 0.25) is 5.02 Å². The first-order chi connectivity index (χ1) is 14.5. The molecule has 0 aliphatic carbocycles. The Morgan fingerprint density at radius 2 is 1.93 bits per heavy atom. The number of para-hydroxylation sites is 1. The quantitative estimate of drug-likeness (QED) is 0.518. The number of carbonyl (C=O) groups excluding carboxylic acids is 2. The first kappa shape index (κ1) is 21.9. The van der Waals surface area contributed by atoms with Crippen molar-refractivity contribution < 1.29 is 9.59 Å². The molecule has 2 aromatic carbocycles. The first-order valence-electron chi connectivity index (χ1n) is 9.40. The minimum Gasteiger partial charge on any atom is -0.345 e. The molecule has 3 aromatic rings. The van der Waals surface area contributed by atoms with E-state index in [1.165, 1.54) is 11.8 Å².